The van der Waals surface area contributed by atoms with Crippen LogP contribution in [0.1, 0.15) is 6.92 Å². The third kappa shape index (κ3) is 3.93. The Bertz CT molecular complexity index is 357. The number of carbonyl (C=O) groups is 1. The molecule has 2 N–H and O–H groups in total. The molecule has 0 aliphatic rings. The van der Waals surface area contributed by atoms with Crippen molar-refractivity contribution in [2.24, 2.45) is 0 Å². The Morgan fingerprint density at radius 1 is 1.53 bits per heavy atom. The maximum atomic E-state index is 11.1. The number of anilines is 1. The summed E-state index contributed by atoms with van der Waals surface area (Å²) in [7, 11) is 0. The zero-order chi connectivity index (χ0) is 11.3. The molecule has 0 spiro atoms. The van der Waals surface area contributed by atoms with Crippen molar-refractivity contribution < 1.29 is 4.79 Å². The number of halogens is 2. The van der Waals surface area contributed by atoms with E-state index in [1.165, 1.54) is 6.20 Å². The number of hydrogen-bond donors (Lipinski definition) is 2. The molecule has 0 bridgehead atoms. The molecule has 1 heterocycles. The van der Waals surface area contributed by atoms with Gasteiger partial charge in [-0.3, -0.25) is 4.79 Å². The predicted molar refractivity (Wildman–Crippen MR) is 61.4 cm³/mol. The summed E-state index contributed by atoms with van der Waals surface area (Å²) in [5.74, 6) is 0.345. The van der Waals surface area contributed by atoms with Crippen molar-refractivity contribution >= 4 is 34.9 Å². The molecular formula is C9H11Cl2N3O. The average molecular weight is 248 g/mol. The first-order valence-electron chi connectivity index (χ1n) is 4.45. The van der Waals surface area contributed by atoms with Crippen LogP contribution >= 0.6 is 23.2 Å². The first-order chi connectivity index (χ1) is 7.13. The van der Waals surface area contributed by atoms with E-state index in [-0.39, 0.29) is 12.5 Å². The first kappa shape index (κ1) is 12.1. The minimum absolute atomic E-state index is 0.106. The SMILES string of the molecule is CCNC(=O)CNc1ncc(Cl)cc1Cl. The van der Waals surface area contributed by atoms with Gasteiger partial charge in [-0.25, -0.2) is 4.98 Å². The van der Waals surface area contributed by atoms with Crippen molar-refractivity contribution in [1.29, 1.82) is 0 Å². The highest BCUT2D eigenvalue weighted by Gasteiger charge is 2.04. The molecule has 6 heteroatoms. The second-order valence-electron chi connectivity index (χ2n) is 2.79. The Morgan fingerprint density at radius 2 is 2.27 bits per heavy atom. The highest BCUT2D eigenvalue weighted by Crippen LogP contribution is 2.21. The Kier molecular flexibility index (Phi) is 4.65. The summed E-state index contributed by atoms with van der Waals surface area (Å²) in [6, 6.07) is 1.57. The molecule has 0 fully saturated rings. The maximum absolute atomic E-state index is 11.1. The molecule has 1 aromatic rings. The second-order valence-corrected chi connectivity index (χ2v) is 3.63. The van der Waals surface area contributed by atoms with E-state index < -0.39 is 0 Å². The number of hydrogen-bond acceptors (Lipinski definition) is 3. The third-order valence-electron chi connectivity index (χ3n) is 1.60. The highest BCUT2D eigenvalue weighted by atomic mass is 35.5. The van der Waals surface area contributed by atoms with Gasteiger partial charge in [-0.1, -0.05) is 23.2 Å². The molecule has 0 saturated heterocycles. The molecule has 1 rings (SSSR count). The fraction of sp³-hybridized carbons (Fsp3) is 0.333. The zero-order valence-corrected chi connectivity index (χ0v) is 9.69. The third-order valence-corrected chi connectivity index (χ3v) is 2.09. The van der Waals surface area contributed by atoms with Gasteiger partial charge >= 0.3 is 0 Å². The number of amides is 1. The molecule has 0 aliphatic heterocycles. The lowest BCUT2D eigenvalue weighted by Crippen LogP contribution is -2.29. The van der Waals surface area contributed by atoms with Gasteiger partial charge in [0, 0.05) is 12.7 Å². The van der Waals surface area contributed by atoms with Crippen LogP contribution in [-0.4, -0.2) is 24.0 Å². The van der Waals surface area contributed by atoms with Gasteiger partial charge in [0.05, 0.1) is 16.6 Å². The number of nitrogens with one attached hydrogen (secondary N) is 2. The van der Waals surface area contributed by atoms with Crippen LogP contribution in [0.2, 0.25) is 10.0 Å². The van der Waals surface area contributed by atoms with E-state index in [2.05, 4.69) is 15.6 Å². The molecule has 0 atom stereocenters. The van der Waals surface area contributed by atoms with Crippen LogP contribution in [0.5, 0.6) is 0 Å². The number of likely N-dealkylation sites (N-methyl/N-ethyl adjacent to an activating group) is 1. The highest BCUT2D eigenvalue weighted by molar-refractivity contribution is 6.35. The van der Waals surface area contributed by atoms with E-state index >= 15 is 0 Å². The lowest BCUT2D eigenvalue weighted by Gasteiger charge is -2.06. The molecule has 0 radical (unpaired) electrons. The van der Waals surface area contributed by atoms with Gasteiger partial charge in [0.15, 0.2) is 0 Å². The minimum atomic E-state index is -0.106. The molecule has 0 unspecified atom stereocenters. The van der Waals surface area contributed by atoms with E-state index in [0.717, 1.165) is 0 Å². The lowest BCUT2D eigenvalue weighted by atomic mass is 10.4. The van der Waals surface area contributed by atoms with Crippen LogP contribution < -0.4 is 10.6 Å². The van der Waals surface area contributed by atoms with E-state index in [9.17, 15) is 4.79 Å². The van der Waals surface area contributed by atoms with E-state index in [1.54, 1.807) is 6.07 Å². The van der Waals surface area contributed by atoms with Crippen LogP contribution in [0, 0.1) is 0 Å². The standard InChI is InChI=1S/C9H11Cl2N3O/c1-2-12-8(15)5-14-9-7(11)3-6(10)4-13-9/h3-4H,2,5H2,1H3,(H,12,15)(H,13,14). The summed E-state index contributed by atoms with van der Waals surface area (Å²) in [5, 5.41) is 6.32. The van der Waals surface area contributed by atoms with Crippen LogP contribution in [0.3, 0.4) is 0 Å². The van der Waals surface area contributed by atoms with Crippen LogP contribution in [0.25, 0.3) is 0 Å². The Balaban J connectivity index is 2.54. The predicted octanol–water partition coefficient (Wildman–Crippen LogP) is 1.94. The first-order valence-corrected chi connectivity index (χ1v) is 5.20. The summed E-state index contributed by atoms with van der Waals surface area (Å²) in [4.78, 5) is 15.1. The Hall–Kier alpha value is -1.000. The molecule has 0 aliphatic carbocycles. The molecule has 82 valence electrons. The summed E-state index contributed by atoms with van der Waals surface area (Å²) in [5.41, 5.74) is 0. The fourth-order valence-electron chi connectivity index (χ4n) is 0.968. The van der Waals surface area contributed by atoms with E-state index in [0.29, 0.717) is 22.4 Å². The number of nitrogens with zero attached hydrogens (tertiary/aromatic N) is 1. The molecular weight excluding hydrogens is 237 g/mol. The average Bonchev–Trinajstić information content (AvgIpc) is 2.17. The number of aromatic nitrogens is 1. The van der Waals surface area contributed by atoms with Gasteiger partial charge in [-0.15, -0.1) is 0 Å². The van der Waals surface area contributed by atoms with Crippen molar-refractivity contribution in [1.82, 2.24) is 10.3 Å². The molecule has 1 aromatic heterocycles. The topological polar surface area (TPSA) is 54.0 Å². The van der Waals surface area contributed by atoms with Gasteiger partial charge in [0.2, 0.25) is 5.91 Å². The van der Waals surface area contributed by atoms with Crippen molar-refractivity contribution in [3.63, 3.8) is 0 Å². The lowest BCUT2D eigenvalue weighted by molar-refractivity contribution is -0.119. The van der Waals surface area contributed by atoms with Crippen LogP contribution in [0.15, 0.2) is 12.3 Å². The Labute approximate surface area is 98.0 Å². The molecule has 15 heavy (non-hydrogen) atoms. The summed E-state index contributed by atoms with van der Waals surface area (Å²) in [6.07, 6.45) is 1.47. The molecule has 0 aromatic carbocycles. The second kappa shape index (κ2) is 5.78. The molecule has 4 nitrogen and oxygen atoms in total. The number of carbonyl (C=O) groups excluding carboxylic acids is 1. The number of rotatable bonds is 4. The van der Waals surface area contributed by atoms with Crippen molar-refractivity contribution in [2.75, 3.05) is 18.4 Å². The Morgan fingerprint density at radius 3 is 2.87 bits per heavy atom. The minimum Gasteiger partial charge on any atom is -0.360 e. The maximum Gasteiger partial charge on any atom is 0.239 e. The van der Waals surface area contributed by atoms with Gasteiger partial charge < -0.3 is 10.6 Å². The zero-order valence-electron chi connectivity index (χ0n) is 8.18. The van der Waals surface area contributed by atoms with Crippen molar-refractivity contribution in [2.45, 2.75) is 6.92 Å². The van der Waals surface area contributed by atoms with Crippen molar-refractivity contribution in [3.8, 4) is 0 Å². The molecule has 1 amide bonds. The fourth-order valence-corrected chi connectivity index (χ4v) is 1.42. The smallest absolute Gasteiger partial charge is 0.239 e. The van der Waals surface area contributed by atoms with E-state index in [4.69, 9.17) is 23.2 Å². The number of pyridine rings is 1. The summed E-state index contributed by atoms with van der Waals surface area (Å²) in [6.45, 7) is 2.59. The summed E-state index contributed by atoms with van der Waals surface area (Å²) >= 11 is 11.5. The molecule has 0 saturated carbocycles. The van der Waals surface area contributed by atoms with Gasteiger partial charge in [-0.05, 0) is 13.0 Å². The van der Waals surface area contributed by atoms with Crippen LogP contribution in [0.4, 0.5) is 5.82 Å². The van der Waals surface area contributed by atoms with Gasteiger partial charge in [0.1, 0.15) is 5.82 Å². The quantitative estimate of drug-likeness (QED) is 0.856. The summed E-state index contributed by atoms with van der Waals surface area (Å²) < 4.78 is 0. The van der Waals surface area contributed by atoms with Gasteiger partial charge in [-0.2, -0.15) is 0 Å². The normalized spacial score (nSPS) is 9.80. The van der Waals surface area contributed by atoms with Crippen LogP contribution in [-0.2, 0) is 4.79 Å². The van der Waals surface area contributed by atoms with E-state index in [1.807, 2.05) is 6.92 Å². The monoisotopic (exact) mass is 247 g/mol. The van der Waals surface area contributed by atoms with Gasteiger partial charge in [0.25, 0.3) is 0 Å². The van der Waals surface area contributed by atoms with Crippen molar-refractivity contribution in [3.05, 3.63) is 22.3 Å². The largest absolute Gasteiger partial charge is 0.360 e.